The van der Waals surface area contributed by atoms with Crippen molar-refractivity contribution in [3.8, 4) is 0 Å². The zero-order valence-corrected chi connectivity index (χ0v) is 9.75. The van der Waals surface area contributed by atoms with Crippen LogP contribution in [0.5, 0.6) is 0 Å². The number of hydrogen-bond acceptors (Lipinski definition) is 2. The second-order valence-corrected chi connectivity index (χ2v) is 4.71. The van der Waals surface area contributed by atoms with Gasteiger partial charge in [0.1, 0.15) is 5.38 Å². The fourth-order valence-electron chi connectivity index (χ4n) is 1.90. The molecule has 0 saturated carbocycles. The molecule has 0 aromatic carbocycles. The largest absolute Gasteiger partial charge is 0.384 e. The molecular formula is C10H18ClNO2. The molecule has 3 atom stereocenters. The highest BCUT2D eigenvalue weighted by Crippen LogP contribution is 2.24. The maximum Gasteiger partial charge on any atom is 0.240 e. The van der Waals surface area contributed by atoms with E-state index in [9.17, 15) is 4.79 Å². The van der Waals surface area contributed by atoms with Gasteiger partial charge < -0.3 is 9.64 Å². The summed E-state index contributed by atoms with van der Waals surface area (Å²) in [7, 11) is 1.70. The normalized spacial score (nSPS) is 29.3. The number of nitrogens with zero attached hydrogens (tertiary/aromatic N) is 1. The third-order valence-electron chi connectivity index (χ3n) is 2.80. The first kappa shape index (κ1) is 11.8. The predicted molar refractivity (Wildman–Crippen MR) is 56.4 cm³/mol. The smallest absolute Gasteiger partial charge is 0.240 e. The maximum atomic E-state index is 11.6. The van der Waals surface area contributed by atoms with Crippen molar-refractivity contribution in [1.29, 1.82) is 0 Å². The van der Waals surface area contributed by atoms with E-state index < -0.39 is 5.38 Å². The third kappa shape index (κ3) is 2.61. The van der Waals surface area contributed by atoms with Crippen LogP contribution in [-0.2, 0) is 9.53 Å². The minimum absolute atomic E-state index is 0.0390. The van der Waals surface area contributed by atoms with Gasteiger partial charge in [-0.25, -0.2) is 0 Å². The summed E-state index contributed by atoms with van der Waals surface area (Å²) in [6.07, 6.45) is 0. The van der Waals surface area contributed by atoms with Crippen molar-refractivity contribution in [2.75, 3.05) is 26.8 Å². The van der Waals surface area contributed by atoms with Crippen LogP contribution in [0.15, 0.2) is 0 Å². The number of hydrogen-bond donors (Lipinski definition) is 0. The molecular weight excluding hydrogens is 202 g/mol. The summed E-state index contributed by atoms with van der Waals surface area (Å²) in [5.74, 6) is 1.01. The number of carbonyl (C=O) groups excluding carboxylic acids is 1. The number of carbonyl (C=O) groups is 1. The lowest BCUT2D eigenvalue weighted by molar-refractivity contribution is -0.129. The van der Waals surface area contributed by atoms with Crippen LogP contribution < -0.4 is 0 Å². The average Bonchev–Trinajstić information content (AvgIpc) is 2.47. The van der Waals surface area contributed by atoms with E-state index in [1.165, 1.54) is 0 Å². The van der Waals surface area contributed by atoms with E-state index in [-0.39, 0.29) is 5.91 Å². The van der Waals surface area contributed by atoms with Crippen LogP contribution in [0.2, 0.25) is 0 Å². The van der Waals surface area contributed by atoms with Gasteiger partial charge in [-0.3, -0.25) is 4.79 Å². The number of ether oxygens (including phenoxy) is 1. The lowest BCUT2D eigenvalue weighted by Gasteiger charge is -2.17. The van der Waals surface area contributed by atoms with E-state index in [1.54, 1.807) is 14.0 Å². The zero-order chi connectivity index (χ0) is 10.7. The third-order valence-corrected chi connectivity index (χ3v) is 2.99. The van der Waals surface area contributed by atoms with Crippen molar-refractivity contribution in [2.24, 2.45) is 11.8 Å². The van der Waals surface area contributed by atoms with E-state index in [4.69, 9.17) is 16.3 Å². The van der Waals surface area contributed by atoms with E-state index >= 15 is 0 Å². The van der Waals surface area contributed by atoms with E-state index in [0.717, 1.165) is 19.7 Å². The molecule has 1 fully saturated rings. The van der Waals surface area contributed by atoms with Gasteiger partial charge in [-0.1, -0.05) is 6.92 Å². The number of amides is 1. The highest BCUT2D eigenvalue weighted by molar-refractivity contribution is 6.30. The Hall–Kier alpha value is -0.280. The Morgan fingerprint density at radius 2 is 2.29 bits per heavy atom. The minimum Gasteiger partial charge on any atom is -0.384 e. The Morgan fingerprint density at radius 3 is 2.79 bits per heavy atom. The molecule has 1 heterocycles. The number of halogens is 1. The molecule has 0 aromatic rings. The molecule has 0 N–H and O–H groups in total. The van der Waals surface area contributed by atoms with Crippen LogP contribution in [0.25, 0.3) is 0 Å². The average molecular weight is 220 g/mol. The summed E-state index contributed by atoms with van der Waals surface area (Å²) in [4.78, 5) is 13.4. The summed E-state index contributed by atoms with van der Waals surface area (Å²) < 4.78 is 5.11. The molecule has 0 radical (unpaired) electrons. The Balaban J connectivity index is 2.49. The van der Waals surface area contributed by atoms with Gasteiger partial charge in [-0.2, -0.15) is 0 Å². The van der Waals surface area contributed by atoms with E-state index in [0.29, 0.717) is 11.8 Å². The molecule has 0 aliphatic carbocycles. The Kier molecular flexibility index (Phi) is 4.20. The van der Waals surface area contributed by atoms with Crippen molar-refractivity contribution in [3.05, 3.63) is 0 Å². The van der Waals surface area contributed by atoms with Crippen molar-refractivity contribution < 1.29 is 9.53 Å². The summed E-state index contributed by atoms with van der Waals surface area (Å²) in [5.41, 5.74) is 0. The van der Waals surface area contributed by atoms with Crippen LogP contribution in [0.4, 0.5) is 0 Å². The van der Waals surface area contributed by atoms with Gasteiger partial charge in [0.05, 0.1) is 6.61 Å². The SMILES string of the molecule is COC[C@@H]1CN(C(=O)[C@H](C)Cl)C[C@H]1C. The number of alkyl halides is 1. The van der Waals surface area contributed by atoms with Crippen molar-refractivity contribution in [1.82, 2.24) is 4.90 Å². The number of likely N-dealkylation sites (tertiary alicyclic amines) is 1. The molecule has 0 spiro atoms. The minimum atomic E-state index is -0.413. The topological polar surface area (TPSA) is 29.5 Å². The monoisotopic (exact) mass is 219 g/mol. The van der Waals surface area contributed by atoms with Gasteiger partial charge in [0.15, 0.2) is 0 Å². The lowest BCUT2D eigenvalue weighted by Crippen LogP contribution is -2.34. The molecule has 0 unspecified atom stereocenters. The predicted octanol–water partition coefficient (Wildman–Crippen LogP) is 1.35. The van der Waals surface area contributed by atoms with E-state index in [2.05, 4.69) is 6.92 Å². The molecule has 82 valence electrons. The van der Waals surface area contributed by atoms with Gasteiger partial charge >= 0.3 is 0 Å². The Bertz CT molecular complexity index is 208. The van der Waals surface area contributed by atoms with Gasteiger partial charge in [-0.15, -0.1) is 11.6 Å². The first-order valence-corrected chi connectivity index (χ1v) is 5.41. The van der Waals surface area contributed by atoms with Crippen molar-refractivity contribution >= 4 is 17.5 Å². The zero-order valence-electron chi connectivity index (χ0n) is 9.00. The summed E-state index contributed by atoms with van der Waals surface area (Å²) in [6.45, 7) is 6.19. The van der Waals surface area contributed by atoms with Crippen molar-refractivity contribution in [2.45, 2.75) is 19.2 Å². The molecule has 1 aliphatic heterocycles. The summed E-state index contributed by atoms with van der Waals surface area (Å²) in [6, 6.07) is 0. The quantitative estimate of drug-likeness (QED) is 0.671. The second-order valence-electron chi connectivity index (χ2n) is 4.05. The highest BCUT2D eigenvalue weighted by Gasteiger charge is 2.33. The number of rotatable bonds is 3. The molecule has 14 heavy (non-hydrogen) atoms. The van der Waals surface area contributed by atoms with Gasteiger partial charge in [0.25, 0.3) is 0 Å². The molecule has 1 amide bonds. The lowest BCUT2D eigenvalue weighted by atomic mass is 10.00. The van der Waals surface area contributed by atoms with Crippen LogP contribution >= 0.6 is 11.6 Å². The van der Waals surface area contributed by atoms with Crippen molar-refractivity contribution in [3.63, 3.8) is 0 Å². The first-order chi connectivity index (χ1) is 6.56. The fourth-order valence-corrected chi connectivity index (χ4v) is 2.03. The van der Waals surface area contributed by atoms with Gasteiger partial charge in [-0.05, 0) is 12.8 Å². The molecule has 3 nitrogen and oxygen atoms in total. The van der Waals surface area contributed by atoms with E-state index in [1.807, 2.05) is 4.90 Å². The number of methoxy groups -OCH3 is 1. The summed E-state index contributed by atoms with van der Waals surface area (Å²) >= 11 is 5.76. The molecule has 0 aromatic heterocycles. The molecule has 0 bridgehead atoms. The standard InChI is InChI=1S/C10H18ClNO2/c1-7-4-12(10(13)8(2)11)5-9(7)6-14-3/h7-9H,4-6H2,1-3H3/t7-,8+,9+/m1/s1. The Labute approximate surface area is 90.4 Å². The molecule has 4 heteroatoms. The fraction of sp³-hybridized carbons (Fsp3) is 0.900. The molecule has 1 aliphatic rings. The first-order valence-electron chi connectivity index (χ1n) is 4.98. The Morgan fingerprint density at radius 1 is 1.64 bits per heavy atom. The van der Waals surface area contributed by atoms with Crippen LogP contribution in [0.3, 0.4) is 0 Å². The van der Waals surface area contributed by atoms with Crippen LogP contribution in [-0.4, -0.2) is 43.0 Å². The molecule has 1 saturated heterocycles. The van der Waals surface area contributed by atoms with Gasteiger partial charge in [0, 0.05) is 26.1 Å². The van der Waals surface area contributed by atoms with Gasteiger partial charge in [0.2, 0.25) is 5.91 Å². The molecule has 1 rings (SSSR count). The maximum absolute atomic E-state index is 11.6. The summed E-state index contributed by atoms with van der Waals surface area (Å²) in [5, 5.41) is -0.413. The highest BCUT2D eigenvalue weighted by atomic mass is 35.5. The second kappa shape index (κ2) is 4.99. The van der Waals surface area contributed by atoms with Crippen LogP contribution in [0, 0.1) is 11.8 Å². The van der Waals surface area contributed by atoms with Crippen LogP contribution in [0.1, 0.15) is 13.8 Å².